The zero-order chi connectivity index (χ0) is 17.3. The monoisotopic (exact) mass is 362 g/mol. The third kappa shape index (κ3) is 2.18. The Morgan fingerprint density at radius 1 is 1.00 bits per heavy atom. The lowest BCUT2D eigenvalue weighted by molar-refractivity contribution is -0.140. The highest BCUT2D eigenvalue weighted by atomic mass is 32.1. The van der Waals surface area contributed by atoms with E-state index in [0.29, 0.717) is 0 Å². The molecule has 1 aromatic heterocycles. The molecular formula is C22H22N2OS. The average molecular weight is 362 g/mol. The molecule has 0 atom stereocenters. The lowest BCUT2D eigenvalue weighted by Crippen LogP contribution is -2.51. The number of thiazole rings is 1. The summed E-state index contributed by atoms with van der Waals surface area (Å²) in [6.07, 6.45) is 7.37. The summed E-state index contributed by atoms with van der Waals surface area (Å²) in [7, 11) is 0. The average Bonchev–Trinajstić information content (AvgIpc) is 3.03. The number of benzene rings is 2. The summed E-state index contributed by atoms with van der Waals surface area (Å²) in [5, 5.41) is 6.43. The predicted molar refractivity (Wildman–Crippen MR) is 106 cm³/mol. The largest absolute Gasteiger partial charge is 0.301 e. The van der Waals surface area contributed by atoms with Gasteiger partial charge >= 0.3 is 0 Å². The van der Waals surface area contributed by atoms with Gasteiger partial charge in [0.05, 0.1) is 15.6 Å². The van der Waals surface area contributed by atoms with E-state index in [-0.39, 0.29) is 11.3 Å². The van der Waals surface area contributed by atoms with Crippen molar-refractivity contribution in [2.24, 2.45) is 23.2 Å². The molecule has 2 aromatic carbocycles. The Morgan fingerprint density at radius 2 is 1.69 bits per heavy atom. The molecule has 0 saturated heterocycles. The normalized spacial score (nSPS) is 32.4. The molecule has 26 heavy (non-hydrogen) atoms. The zero-order valence-corrected chi connectivity index (χ0v) is 15.5. The van der Waals surface area contributed by atoms with Gasteiger partial charge in [-0.25, -0.2) is 4.98 Å². The second kappa shape index (κ2) is 5.29. The SMILES string of the molecule is O=C(Nc1nc2ccc3ccccc3c2s1)C12CC3CC(CC(C3)C1)C2. The van der Waals surface area contributed by atoms with Crippen molar-refractivity contribution in [2.45, 2.75) is 38.5 Å². The summed E-state index contributed by atoms with van der Waals surface area (Å²) in [5.41, 5.74) is 0.865. The summed E-state index contributed by atoms with van der Waals surface area (Å²) in [6.45, 7) is 0. The van der Waals surface area contributed by atoms with E-state index in [2.05, 4.69) is 41.7 Å². The molecule has 1 N–H and O–H groups in total. The molecule has 3 nitrogen and oxygen atoms in total. The van der Waals surface area contributed by atoms with Gasteiger partial charge in [0.1, 0.15) is 0 Å². The van der Waals surface area contributed by atoms with Crippen LogP contribution in [-0.2, 0) is 4.79 Å². The van der Waals surface area contributed by atoms with Crippen molar-refractivity contribution in [1.29, 1.82) is 0 Å². The van der Waals surface area contributed by atoms with Crippen molar-refractivity contribution in [3.05, 3.63) is 36.4 Å². The van der Waals surface area contributed by atoms with Crippen LogP contribution in [0.15, 0.2) is 36.4 Å². The van der Waals surface area contributed by atoms with Crippen molar-refractivity contribution < 1.29 is 4.79 Å². The van der Waals surface area contributed by atoms with Gasteiger partial charge in [0, 0.05) is 5.39 Å². The second-order valence-electron chi connectivity index (χ2n) is 8.81. The number of nitrogens with zero attached hydrogens (tertiary/aromatic N) is 1. The van der Waals surface area contributed by atoms with Gasteiger partial charge in [-0.05, 0) is 67.7 Å². The lowest BCUT2D eigenvalue weighted by atomic mass is 9.49. The first-order valence-corrected chi connectivity index (χ1v) is 10.6. The minimum atomic E-state index is -0.116. The van der Waals surface area contributed by atoms with Gasteiger partial charge in [-0.1, -0.05) is 41.7 Å². The van der Waals surface area contributed by atoms with E-state index in [1.807, 2.05) is 0 Å². The molecule has 3 aromatic rings. The minimum absolute atomic E-state index is 0.116. The van der Waals surface area contributed by atoms with E-state index in [0.717, 1.165) is 47.7 Å². The van der Waals surface area contributed by atoms with Crippen molar-refractivity contribution in [2.75, 3.05) is 5.32 Å². The number of amides is 1. The van der Waals surface area contributed by atoms with Crippen molar-refractivity contribution in [1.82, 2.24) is 4.98 Å². The van der Waals surface area contributed by atoms with E-state index < -0.39 is 0 Å². The number of carbonyl (C=O) groups excluding carboxylic acids is 1. The van der Waals surface area contributed by atoms with Crippen LogP contribution < -0.4 is 5.32 Å². The van der Waals surface area contributed by atoms with Gasteiger partial charge < -0.3 is 5.32 Å². The van der Waals surface area contributed by atoms with Crippen LogP contribution in [0.25, 0.3) is 21.0 Å². The fourth-order valence-electron chi connectivity index (χ4n) is 6.33. The van der Waals surface area contributed by atoms with Crippen LogP contribution in [0.1, 0.15) is 38.5 Å². The highest BCUT2D eigenvalue weighted by molar-refractivity contribution is 7.23. The molecule has 1 amide bonds. The Kier molecular flexibility index (Phi) is 3.08. The van der Waals surface area contributed by atoms with Crippen LogP contribution >= 0.6 is 11.3 Å². The molecule has 0 aliphatic heterocycles. The first-order valence-electron chi connectivity index (χ1n) is 9.78. The van der Waals surface area contributed by atoms with E-state index in [9.17, 15) is 4.79 Å². The zero-order valence-electron chi connectivity index (χ0n) is 14.7. The number of rotatable bonds is 2. The topological polar surface area (TPSA) is 42.0 Å². The van der Waals surface area contributed by atoms with Crippen LogP contribution in [0.5, 0.6) is 0 Å². The minimum Gasteiger partial charge on any atom is -0.301 e. The van der Waals surface area contributed by atoms with Crippen molar-refractivity contribution >= 4 is 43.4 Å². The molecule has 0 unspecified atom stereocenters. The van der Waals surface area contributed by atoms with Crippen LogP contribution in [0.2, 0.25) is 0 Å². The van der Waals surface area contributed by atoms with Gasteiger partial charge in [0.25, 0.3) is 0 Å². The fraction of sp³-hybridized carbons (Fsp3) is 0.455. The highest BCUT2D eigenvalue weighted by Gasteiger charge is 2.54. The summed E-state index contributed by atoms with van der Waals surface area (Å²) >= 11 is 1.62. The quantitative estimate of drug-likeness (QED) is 0.644. The number of fused-ring (bicyclic) bond motifs is 3. The van der Waals surface area contributed by atoms with Gasteiger partial charge in [-0.15, -0.1) is 0 Å². The van der Waals surface area contributed by atoms with Crippen molar-refractivity contribution in [3.8, 4) is 0 Å². The second-order valence-corrected chi connectivity index (χ2v) is 9.81. The molecule has 4 saturated carbocycles. The van der Waals surface area contributed by atoms with E-state index in [4.69, 9.17) is 4.98 Å². The number of anilines is 1. The van der Waals surface area contributed by atoms with E-state index in [1.165, 1.54) is 34.7 Å². The number of hydrogen-bond donors (Lipinski definition) is 1. The van der Waals surface area contributed by atoms with Gasteiger partial charge in [0.15, 0.2) is 5.13 Å². The summed E-state index contributed by atoms with van der Waals surface area (Å²) < 4.78 is 1.17. The van der Waals surface area contributed by atoms with Gasteiger partial charge in [0.2, 0.25) is 5.91 Å². The predicted octanol–water partition coefficient (Wildman–Crippen LogP) is 5.60. The Morgan fingerprint density at radius 3 is 2.42 bits per heavy atom. The standard InChI is InChI=1S/C22H22N2OS/c25-20(22-10-13-7-14(11-22)9-15(8-13)12-22)24-21-23-18-6-5-16-3-1-2-4-17(16)19(18)26-21/h1-6,13-15H,7-12H2,(H,23,24,25). The molecule has 4 heteroatoms. The maximum atomic E-state index is 13.3. The maximum Gasteiger partial charge on any atom is 0.232 e. The van der Waals surface area contributed by atoms with E-state index >= 15 is 0 Å². The molecule has 4 fully saturated rings. The number of hydrogen-bond acceptors (Lipinski definition) is 3. The summed E-state index contributed by atoms with van der Waals surface area (Å²) in [4.78, 5) is 18.0. The number of nitrogens with one attached hydrogen (secondary N) is 1. The Hall–Kier alpha value is -1.94. The molecule has 1 heterocycles. The lowest BCUT2D eigenvalue weighted by Gasteiger charge is -2.55. The van der Waals surface area contributed by atoms with Gasteiger partial charge in [-0.3, -0.25) is 4.79 Å². The third-order valence-electron chi connectivity index (χ3n) is 7.02. The molecule has 7 rings (SSSR count). The smallest absolute Gasteiger partial charge is 0.232 e. The molecule has 132 valence electrons. The molecular weight excluding hydrogens is 340 g/mol. The fourth-order valence-corrected chi connectivity index (χ4v) is 7.32. The van der Waals surface area contributed by atoms with Crippen LogP contribution in [0, 0.1) is 23.2 Å². The number of carbonyl (C=O) groups is 1. The first-order chi connectivity index (χ1) is 12.7. The summed E-state index contributed by atoms with van der Waals surface area (Å²) in [6, 6.07) is 12.6. The maximum absolute atomic E-state index is 13.3. The molecule has 0 spiro atoms. The van der Waals surface area contributed by atoms with Crippen LogP contribution in [0.4, 0.5) is 5.13 Å². The molecule has 0 radical (unpaired) electrons. The Balaban J connectivity index is 1.34. The summed E-state index contributed by atoms with van der Waals surface area (Å²) in [5.74, 6) is 2.59. The van der Waals surface area contributed by atoms with Crippen LogP contribution in [-0.4, -0.2) is 10.9 Å². The van der Waals surface area contributed by atoms with E-state index in [1.54, 1.807) is 11.3 Å². The molecule has 4 aliphatic carbocycles. The molecule has 4 aliphatic rings. The first kappa shape index (κ1) is 15.2. The Labute approximate surface area is 156 Å². The third-order valence-corrected chi connectivity index (χ3v) is 8.04. The van der Waals surface area contributed by atoms with Crippen molar-refractivity contribution in [3.63, 3.8) is 0 Å². The Bertz CT molecular complexity index is 1000. The van der Waals surface area contributed by atoms with Gasteiger partial charge in [-0.2, -0.15) is 0 Å². The van der Waals surface area contributed by atoms with Crippen LogP contribution in [0.3, 0.4) is 0 Å². The highest BCUT2D eigenvalue weighted by Crippen LogP contribution is 2.60. The molecule has 4 bridgehead atoms. The number of aromatic nitrogens is 1.